The lowest BCUT2D eigenvalue weighted by atomic mass is 9.97. The van der Waals surface area contributed by atoms with E-state index < -0.39 is 0 Å². The highest BCUT2D eigenvalue weighted by molar-refractivity contribution is 5.94. The molecule has 5 rings (SSSR count). The second-order valence-corrected chi connectivity index (χ2v) is 8.46. The van der Waals surface area contributed by atoms with Crippen molar-refractivity contribution < 1.29 is 5.11 Å². The summed E-state index contributed by atoms with van der Waals surface area (Å²) in [6.45, 7) is 5.77. The van der Waals surface area contributed by atoms with Crippen molar-refractivity contribution in [2.24, 2.45) is 4.99 Å². The molecule has 2 aliphatic rings. The number of phenolic OH excluding ortho intramolecular Hbond substituents is 1. The van der Waals surface area contributed by atoms with Gasteiger partial charge in [0, 0.05) is 67.2 Å². The number of fused-ring (bicyclic) bond motifs is 1. The number of aliphatic imine (C=N–C) groups is 1. The van der Waals surface area contributed by atoms with Crippen molar-refractivity contribution in [1.82, 2.24) is 15.3 Å². The Morgan fingerprint density at radius 1 is 1.23 bits per heavy atom. The van der Waals surface area contributed by atoms with Crippen LogP contribution in [0.4, 0.5) is 11.4 Å². The van der Waals surface area contributed by atoms with Gasteiger partial charge in [0.15, 0.2) is 5.65 Å². The fourth-order valence-corrected chi connectivity index (χ4v) is 4.37. The Balaban J connectivity index is 1.66. The number of nitrogens with one attached hydrogen (secondary N) is 1. The molecule has 2 fully saturated rings. The maximum Gasteiger partial charge on any atom is 0.160 e. The number of nitrogen functional groups attached to an aromatic ring is 1. The number of hydrogen-bond acceptors (Lipinski definition) is 7. The Morgan fingerprint density at radius 2 is 2.00 bits per heavy atom. The van der Waals surface area contributed by atoms with Crippen molar-refractivity contribution in [2.45, 2.75) is 25.7 Å². The van der Waals surface area contributed by atoms with Crippen LogP contribution < -0.4 is 16.0 Å². The number of rotatable bonds is 4. The molecule has 31 heavy (non-hydrogen) atoms. The normalized spacial score (nSPS) is 17.0. The minimum absolute atomic E-state index is 0.164. The molecule has 3 aromatic rings. The third kappa shape index (κ3) is 3.59. The van der Waals surface area contributed by atoms with E-state index in [-0.39, 0.29) is 5.75 Å². The van der Waals surface area contributed by atoms with Gasteiger partial charge in [0.1, 0.15) is 5.75 Å². The molecule has 1 saturated carbocycles. The number of anilines is 2. The summed E-state index contributed by atoms with van der Waals surface area (Å²) in [6, 6.07) is 6.23. The Labute approximate surface area is 182 Å². The van der Waals surface area contributed by atoms with E-state index >= 15 is 0 Å². The molecule has 7 nitrogen and oxygen atoms in total. The lowest BCUT2D eigenvalue weighted by Crippen LogP contribution is -2.43. The third-order valence-electron chi connectivity index (χ3n) is 6.35. The first kappa shape index (κ1) is 19.8. The molecule has 4 N–H and O–H groups in total. The van der Waals surface area contributed by atoms with E-state index in [4.69, 9.17) is 15.7 Å². The summed E-state index contributed by atoms with van der Waals surface area (Å²) in [7, 11) is 1.71. The molecule has 0 unspecified atom stereocenters. The maximum absolute atomic E-state index is 10.9. The molecule has 0 bridgehead atoms. The lowest BCUT2D eigenvalue weighted by Gasteiger charge is -2.29. The predicted molar refractivity (Wildman–Crippen MR) is 126 cm³/mol. The number of nitrogens with zero attached hydrogens (tertiary/aromatic N) is 4. The molecule has 0 atom stereocenters. The van der Waals surface area contributed by atoms with Crippen molar-refractivity contribution in [3.63, 3.8) is 0 Å². The number of pyridine rings is 2. The van der Waals surface area contributed by atoms with Gasteiger partial charge < -0.3 is 21.1 Å². The molecule has 160 valence electrons. The molecular weight excluding hydrogens is 388 g/mol. The van der Waals surface area contributed by atoms with Gasteiger partial charge in [-0.1, -0.05) is 0 Å². The molecule has 0 spiro atoms. The second kappa shape index (κ2) is 7.81. The van der Waals surface area contributed by atoms with Crippen LogP contribution in [-0.4, -0.2) is 54.5 Å². The largest absolute Gasteiger partial charge is 0.507 e. The number of aromatic nitrogens is 2. The molecule has 2 aromatic heterocycles. The Morgan fingerprint density at radius 3 is 2.71 bits per heavy atom. The smallest absolute Gasteiger partial charge is 0.160 e. The number of piperazine rings is 1. The lowest BCUT2D eigenvalue weighted by molar-refractivity contribution is 0.473. The van der Waals surface area contributed by atoms with Crippen molar-refractivity contribution in [1.29, 1.82) is 0 Å². The monoisotopic (exact) mass is 416 g/mol. The second-order valence-electron chi connectivity index (χ2n) is 8.46. The molecule has 1 saturated heterocycles. The number of nitrogens with two attached hydrogens (primary N) is 1. The van der Waals surface area contributed by atoms with E-state index in [0.29, 0.717) is 22.7 Å². The highest BCUT2D eigenvalue weighted by Gasteiger charge is 2.28. The van der Waals surface area contributed by atoms with Crippen LogP contribution in [0.1, 0.15) is 35.4 Å². The van der Waals surface area contributed by atoms with Gasteiger partial charge in [0.25, 0.3) is 0 Å². The van der Waals surface area contributed by atoms with Crippen molar-refractivity contribution in [2.75, 3.05) is 43.9 Å². The maximum atomic E-state index is 10.9. The van der Waals surface area contributed by atoms with Crippen LogP contribution in [-0.2, 0) is 0 Å². The number of aromatic hydroxyl groups is 1. The highest BCUT2D eigenvalue weighted by Crippen LogP contribution is 2.45. The van der Waals surface area contributed by atoms with Gasteiger partial charge in [-0.2, -0.15) is 0 Å². The van der Waals surface area contributed by atoms with E-state index in [9.17, 15) is 5.11 Å². The predicted octanol–water partition coefficient (Wildman–Crippen LogP) is 3.23. The molecular formula is C24H28N6O. The van der Waals surface area contributed by atoms with Crippen molar-refractivity contribution in [3.8, 4) is 17.0 Å². The number of benzene rings is 1. The van der Waals surface area contributed by atoms with Gasteiger partial charge in [-0.05, 0) is 49.4 Å². The van der Waals surface area contributed by atoms with E-state index in [1.165, 1.54) is 18.4 Å². The highest BCUT2D eigenvalue weighted by atomic mass is 16.3. The molecule has 3 heterocycles. The van der Waals surface area contributed by atoms with Gasteiger partial charge in [-0.25, -0.2) is 9.97 Å². The zero-order valence-corrected chi connectivity index (χ0v) is 18.0. The average molecular weight is 417 g/mol. The minimum Gasteiger partial charge on any atom is -0.507 e. The zero-order chi connectivity index (χ0) is 21.5. The summed E-state index contributed by atoms with van der Waals surface area (Å²) < 4.78 is 0. The first-order valence-corrected chi connectivity index (χ1v) is 10.9. The fraction of sp³-hybridized carbons (Fsp3) is 0.375. The summed E-state index contributed by atoms with van der Waals surface area (Å²) >= 11 is 0. The molecule has 0 amide bonds. The SMILES string of the molecule is CN=Cc1cc(-c2cc(C3CC3)c3cc(N4CCNCC4)cnc3n2)c(O)c(C)c1N. The van der Waals surface area contributed by atoms with Gasteiger partial charge in [-0.15, -0.1) is 0 Å². The Kier molecular flexibility index (Phi) is 4.98. The van der Waals surface area contributed by atoms with Crippen molar-refractivity contribution in [3.05, 3.63) is 41.1 Å². The summed E-state index contributed by atoms with van der Waals surface area (Å²) in [5, 5.41) is 15.4. The van der Waals surface area contributed by atoms with Crippen molar-refractivity contribution >= 4 is 28.6 Å². The van der Waals surface area contributed by atoms with Crippen LogP contribution in [0.2, 0.25) is 0 Å². The summed E-state index contributed by atoms with van der Waals surface area (Å²) in [6.07, 6.45) is 5.99. The van der Waals surface area contributed by atoms with Crippen LogP contribution in [0.5, 0.6) is 5.75 Å². The minimum atomic E-state index is 0.164. The molecule has 1 aromatic carbocycles. The van der Waals surface area contributed by atoms with Crippen LogP contribution in [0.15, 0.2) is 29.4 Å². The van der Waals surface area contributed by atoms with Gasteiger partial charge in [0.2, 0.25) is 0 Å². The molecule has 7 heteroatoms. The molecule has 0 radical (unpaired) electrons. The van der Waals surface area contributed by atoms with E-state index in [2.05, 4.69) is 27.3 Å². The first-order chi connectivity index (χ1) is 15.1. The van der Waals surface area contributed by atoms with Crippen LogP contribution >= 0.6 is 0 Å². The van der Waals surface area contributed by atoms with Crippen LogP contribution in [0, 0.1) is 6.92 Å². The van der Waals surface area contributed by atoms with Crippen LogP contribution in [0.3, 0.4) is 0 Å². The quantitative estimate of drug-likeness (QED) is 0.446. The first-order valence-electron chi connectivity index (χ1n) is 10.9. The Hall–Kier alpha value is -3.19. The standard InChI is InChI=1S/C24H28N6O/c1-14-22(25)16(12-26-2)9-20(23(14)31)21-11-18(15-3-4-15)19-10-17(13-28-24(19)29-21)30-7-5-27-6-8-30/h9-13,15,27,31H,3-8,25H2,1-2H3. The third-order valence-corrected chi connectivity index (χ3v) is 6.35. The Bertz CT molecular complexity index is 1180. The van der Waals surface area contributed by atoms with Crippen LogP contribution in [0.25, 0.3) is 22.3 Å². The van der Waals surface area contributed by atoms with Gasteiger partial charge in [-0.3, -0.25) is 4.99 Å². The number of hydrogen-bond donors (Lipinski definition) is 3. The fourth-order valence-electron chi connectivity index (χ4n) is 4.37. The topological polar surface area (TPSA) is 99.7 Å². The van der Waals surface area contributed by atoms with E-state index in [0.717, 1.165) is 54.2 Å². The number of phenols is 1. The molecule has 1 aliphatic carbocycles. The molecule has 1 aliphatic heterocycles. The van der Waals surface area contributed by atoms with E-state index in [1.807, 2.05) is 19.2 Å². The van der Waals surface area contributed by atoms with E-state index in [1.54, 1.807) is 13.3 Å². The summed E-state index contributed by atoms with van der Waals surface area (Å²) in [5.41, 5.74) is 12.7. The summed E-state index contributed by atoms with van der Waals surface area (Å²) in [5.74, 6) is 0.690. The van der Waals surface area contributed by atoms with Gasteiger partial charge >= 0.3 is 0 Å². The zero-order valence-electron chi connectivity index (χ0n) is 18.0. The van der Waals surface area contributed by atoms with Gasteiger partial charge in [0.05, 0.1) is 17.6 Å². The average Bonchev–Trinajstić information content (AvgIpc) is 3.64. The summed E-state index contributed by atoms with van der Waals surface area (Å²) in [4.78, 5) is 16.1.